The van der Waals surface area contributed by atoms with Crippen LogP contribution in [0.15, 0.2) is 24.3 Å². The molecule has 1 aromatic carbocycles. The van der Waals surface area contributed by atoms with Crippen molar-refractivity contribution in [3.8, 4) is 0 Å². The molecule has 0 aromatic heterocycles. The van der Waals surface area contributed by atoms with E-state index < -0.39 is 0 Å². The Hall–Kier alpha value is -0.860. The van der Waals surface area contributed by atoms with Crippen molar-refractivity contribution >= 4 is 0 Å². The van der Waals surface area contributed by atoms with Crippen LogP contribution in [0.5, 0.6) is 0 Å². The SMILES string of the molecule is CC1(C)CCCN1Cc1ccccc1CCN. The van der Waals surface area contributed by atoms with Crippen molar-refractivity contribution in [1.29, 1.82) is 0 Å². The Morgan fingerprint density at radius 2 is 1.94 bits per heavy atom. The van der Waals surface area contributed by atoms with Gasteiger partial charge < -0.3 is 5.73 Å². The van der Waals surface area contributed by atoms with Crippen LogP contribution in [0.3, 0.4) is 0 Å². The molecule has 0 atom stereocenters. The lowest BCUT2D eigenvalue weighted by Crippen LogP contribution is -2.37. The van der Waals surface area contributed by atoms with E-state index in [9.17, 15) is 0 Å². The van der Waals surface area contributed by atoms with E-state index in [0.717, 1.165) is 19.5 Å². The van der Waals surface area contributed by atoms with Gasteiger partial charge in [-0.15, -0.1) is 0 Å². The van der Waals surface area contributed by atoms with E-state index >= 15 is 0 Å². The highest BCUT2D eigenvalue weighted by Crippen LogP contribution is 2.30. The zero-order chi connectivity index (χ0) is 12.3. The minimum Gasteiger partial charge on any atom is -0.330 e. The number of hydrogen-bond donors (Lipinski definition) is 1. The quantitative estimate of drug-likeness (QED) is 0.864. The fourth-order valence-corrected chi connectivity index (χ4v) is 2.77. The van der Waals surface area contributed by atoms with Crippen LogP contribution in [0.2, 0.25) is 0 Å². The summed E-state index contributed by atoms with van der Waals surface area (Å²) in [6.07, 6.45) is 3.63. The number of likely N-dealkylation sites (tertiary alicyclic amines) is 1. The average molecular weight is 232 g/mol. The summed E-state index contributed by atoms with van der Waals surface area (Å²) in [5.41, 5.74) is 8.90. The molecular formula is C15H24N2. The summed E-state index contributed by atoms with van der Waals surface area (Å²) in [5.74, 6) is 0. The van der Waals surface area contributed by atoms with Gasteiger partial charge in [-0.3, -0.25) is 4.90 Å². The van der Waals surface area contributed by atoms with Crippen molar-refractivity contribution in [2.24, 2.45) is 5.73 Å². The van der Waals surface area contributed by atoms with Crippen molar-refractivity contribution in [3.63, 3.8) is 0 Å². The molecule has 1 saturated heterocycles. The first-order chi connectivity index (χ1) is 8.13. The van der Waals surface area contributed by atoms with E-state index in [0.29, 0.717) is 5.54 Å². The topological polar surface area (TPSA) is 29.3 Å². The highest BCUT2D eigenvalue weighted by atomic mass is 15.2. The second kappa shape index (κ2) is 5.19. The molecular weight excluding hydrogens is 208 g/mol. The molecule has 0 saturated carbocycles. The van der Waals surface area contributed by atoms with Gasteiger partial charge in [-0.25, -0.2) is 0 Å². The maximum atomic E-state index is 5.68. The van der Waals surface area contributed by atoms with Crippen LogP contribution in [0.1, 0.15) is 37.8 Å². The summed E-state index contributed by atoms with van der Waals surface area (Å²) in [5, 5.41) is 0. The Bertz CT molecular complexity index is 371. The Labute approximate surface area is 105 Å². The molecule has 2 rings (SSSR count). The van der Waals surface area contributed by atoms with E-state index in [-0.39, 0.29) is 0 Å². The third kappa shape index (κ3) is 2.88. The Morgan fingerprint density at radius 3 is 2.53 bits per heavy atom. The van der Waals surface area contributed by atoms with Gasteiger partial charge in [0.15, 0.2) is 0 Å². The lowest BCUT2D eigenvalue weighted by atomic mass is 9.99. The summed E-state index contributed by atoms with van der Waals surface area (Å²) in [7, 11) is 0. The molecule has 1 heterocycles. The van der Waals surface area contributed by atoms with E-state index in [1.807, 2.05) is 0 Å². The number of nitrogens with two attached hydrogens (primary N) is 1. The van der Waals surface area contributed by atoms with Gasteiger partial charge in [0.05, 0.1) is 0 Å². The zero-order valence-electron chi connectivity index (χ0n) is 11.1. The molecule has 2 nitrogen and oxygen atoms in total. The predicted octanol–water partition coefficient (Wildman–Crippen LogP) is 2.56. The first-order valence-electron chi connectivity index (χ1n) is 6.65. The molecule has 1 aromatic rings. The van der Waals surface area contributed by atoms with Crippen LogP contribution in [-0.4, -0.2) is 23.5 Å². The Morgan fingerprint density at radius 1 is 1.24 bits per heavy atom. The fraction of sp³-hybridized carbons (Fsp3) is 0.600. The molecule has 17 heavy (non-hydrogen) atoms. The van der Waals surface area contributed by atoms with Crippen LogP contribution >= 0.6 is 0 Å². The van der Waals surface area contributed by atoms with Gasteiger partial charge in [0.1, 0.15) is 0 Å². The molecule has 0 amide bonds. The van der Waals surface area contributed by atoms with Crippen LogP contribution < -0.4 is 5.73 Å². The van der Waals surface area contributed by atoms with Crippen molar-refractivity contribution < 1.29 is 0 Å². The van der Waals surface area contributed by atoms with Crippen molar-refractivity contribution in [1.82, 2.24) is 4.90 Å². The van der Waals surface area contributed by atoms with Crippen LogP contribution in [-0.2, 0) is 13.0 Å². The van der Waals surface area contributed by atoms with Crippen LogP contribution in [0.4, 0.5) is 0 Å². The van der Waals surface area contributed by atoms with E-state index in [1.54, 1.807) is 0 Å². The highest BCUT2D eigenvalue weighted by molar-refractivity contribution is 5.27. The van der Waals surface area contributed by atoms with Gasteiger partial charge >= 0.3 is 0 Å². The summed E-state index contributed by atoms with van der Waals surface area (Å²) < 4.78 is 0. The maximum absolute atomic E-state index is 5.68. The summed E-state index contributed by atoms with van der Waals surface area (Å²) in [6, 6.07) is 8.71. The predicted molar refractivity (Wildman–Crippen MR) is 72.9 cm³/mol. The smallest absolute Gasteiger partial charge is 0.0241 e. The monoisotopic (exact) mass is 232 g/mol. The van der Waals surface area contributed by atoms with Gasteiger partial charge in [-0.1, -0.05) is 24.3 Å². The summed E-state index contributed by atoms with van der Waals surface area (Å²) >= 11 is 0. The van der Waals surface area contributed by atoms with Gasteiger partial charge in [-0.05, 0) is 57.3 Å². The molecule has 0 bridgehead atoms. The normalized spacial score (nSPS) is 19.7. The molecule has 0 aliphatic carbocycles. The molecule has 94 valence electrons. The second-order valence-corrected chi connectivity index (χ2v) is 5.64. The van der Waals surface area contributed by atoms with E-state index in [4.69, 9.17) is 5.73 Å². The first-order valence-corrected chi connectivity index (χ1v) is 6.65. The number of rotatable bonds is 4. The van der Waals surface area contributed by atoms with Crippen LogP contribution in [0.25, 0.3) is 0 Å². The lowest BCUT2D eigenvalue weighted by molar-refractivity contribution is 0.166. The summed E-state index contributed by atoms with van der Waals surface area (Å²) in [6.45, 7) is 7.74. The molecule has 1 fully saturated rings. The van der Waals surface area contributed by atoms with Crippen LogP contribution in [0, 0.1) is 0 Å². The number of nitrogens with zero attached hydrogens (tertiary/aromatic N) is 1. The molecule has 1 aliphatic rings. The third-order valence-electron chi connectivity index (χ3n) is 3.97. The maximum Gasteiger partial charge on any atom is 0.0241 e. The van der Waals surface area contributed by atoms with Gasteiger partial charge in [0.25, 0.3) is 0 Å². The Kier molecular flexibility index (Phi) is 3.85. The Balaban J connectivity index is 2.12. The van der Waals surface area contributed by atoms with E-state index in [1.165, 1.54) is 30.5 Å². The molecule has 0 spiro atoms. The highest BCUT2D eigenvalue weighted by Gasteiger charge is 2.31. The van der Waals surface area contributed by atoms with Crippen molar-refractivity contribution in [2.45, 2.75) is 45.2 Å². The van der Waals surface area contributed by atoms with E-state index in [2.05, 4.69) is 43.0 Å². The minimum atomic E-state index is 0.357. The number of benzene rings is 1. The molecule has 1 aliphatic heterocycles. The second-order valence-electron chi connectivity index (χ2n) is 5.64. The standard InChI is InChI=1S/C15H24N2/c1-15(2)9-5-11-17(15)12-14-7-4-3-6-13(14)8-10-16/h3-4,6-7H,5,8-12,16H2,1-2H3. The largest absolute Gasteiger partial charge is 0.330 e. The minimum absolute atomic E-state index is 0.357. The van der Waals surface area contributed by atoms with Gasteiger partial charge in [0, 0.05) is 12.1 Å². The van der Waals surface area contributed by atoms with Gasteiger partial charge in [0.2, 0.25) is 0 Å². The zero-order valence-corrected chi connectivity index (χ0v) is 11.1. The summed E-state index contributed by atoms with van der Waals surface area (Å²) in [4.78, 5) is 2.60. The number of hydrogen-bond acceptors (Lipinski definition) is 2. The van der Waals surface area contributed by atoms with Crippen molar-refractivity contribution in [2.75, 3.05) is 13.1 Å². The first kappa shape index (κ1) is 12.6. The molecule has 0 unspecified atom stereocenters. The molecule has 0 radical (unpaired) electrons. The lowest BCUT2D eigenvalue weighted by Gasteiger charge is -2.32. The van der Waals surface area contributed by atoms with Gasteiger partial charge in [-0.2, -0.15) is 0 Å². The molecule has 2 heteroatoms. The fourth-order valence-electron chi connectivity index (χ4n) is 2.77. The average Bonchev–Trinajstić information content (AvgIpc) is 2.61. The molecule has 2 N–H and O–H groups in total. The third-order valence-corrected chi connectivity index (χ3v) is 3.97. The van der Waals surface area contributed by atoms with Crippen molar-refractivity contribution in [3.05, 3.63) is 35.4 Å².